The summed E-state index contributed by atoms with van der Waals surface area (Å²) in [6, 6.07) is 17.3. The number of fused-ring (bicyclic) bond motifs is 1. The smallest absolute Gasteiger partial charge is 0.258 e. The van der Waals surface area contributed by atoms with E-state index in [0.29, 0.717) is 17.7 Å². The van der Waals surface area contributed by atoms with Crippen LogP contribution in [0.25, 0.3) is 11.1 Å². The van der Waals surface area contributed by atoms with Crippen molar-refractivity contribution >= 4 is 23.4 Å². The summed E-state index contributed by atoms with van der Waals surface area (Å²) >= 11 is 1.74. The van der Waals surface area contributed by atoms with Crippen LogP contribution in [-0.2, 0) is 0 Å². The van der Waals surface area contributed by atoms with Crippen molar-refractivity contribution in [2.45, 2.75) is 11.8 Å². The Balaban J connectivity index is 1.75. The van der Waals surface area contributed by atoms with E-state index in [9.17, 15) is 4.79 Å². The fraction of sp³-hybridized carbons (Fsp3) is 0.136. The van der Waals surface area contributed by atoms with E-state index in [1.807, 2.05) is 54.4 Å². The van der Waals surface area contributed by atoms with Gasteiger partial charge >= 0.3 is 0 Å². The minimum atomic E-state index is -0.000900. The quantitative estimate of drug-likeness (QED) is 0.656. The van der Waals surface area contributed by atoms with Crippen molar-refractivity contribution in [3.8, 4) is 17.2 Å². The Morgan fingerprint density at radius 2 is 2.00 bits per heavy atom. The van der Waals surface area contributed by atoms with Crippen LogP contribution in [0.2, 0.25) is 0 Å². The number of nitrogens with zero attached hydrogens (tertiary/aromatic N) is 3. The Morgan fingerprint density at radius 3 is 2.74 bits per heavy atom. The second-order valence-electron chi connectivity index (χ2n) is 6.40. The molecule has 1 aromatic heterocycles. The molecule has 4 nitrogen and oxygen atoms in total. The SMILES string of the molecule is Cc1cccc(C(=O)N2CCSc3c(-c4ccc(C#N)cc4)cncc32)c1. The molecular weight excluding hydrogens is 354 g/mol. The number of carbonyl (C=O) groups is 1. The molecule has 0 unspecified atom stereocenters. The van der Waals surface area contributed by atoms with Gasteiger partial charge in [0.05, 0.1) is 23.5 Å². The van der Waals surface area contributed by atoms with E-state index >= 15 is 0 Å². The van der Waals surface area contributed by atoms with E-state index in [-0.39, 0.29) is 5.91 Å². The number of rotatable bonds is 2. The molecule has 0 spiro atoms. The molecule has 27 heavy (non-hydrogen) atoms. The van der Waals surface area contributed by atoms with Gasteiger partial charge in [-0.2, -0.15) is 5.26 Å². The highest BCUT2D eigenvalue weighted by molar-refractivity contribution is 7.99. The van der Waals surface area contributed by atoms with Gasteiger partial charge in [-0.1, -0.05) is 29.8 Å². The van der Waals surface area contributed by atoms with E-state index in [2.05, 4.69) is 11.1 Å². The predicted molar refractivity (Wildman–Crippen MR) is 108 cm³/mol. The number of aryl methyl sites for hydroxylation is 1. The standard InChI is InChI=1S/C22H17N3OS/c1-15-3-2-4-18(11-15)22(26)25-9-10-27-21-19(13-24-14-20(21)25)17-7-5-16(12-23)6-8-17/h2-8,11,13-14H,9-10H2,1H3. The van der Waals surface area contributed by atoms with Crippen LogP contribution < -0.4 is 4.90 Å². The van der Waals surface area contributed by atoms with Gasteiger partial charge in [-0.05, 0) is 36.8 Å². The molecule has 0 atom stereocenters. The van der Waals surface area contributed by atoms with Gasteiger partial charge in [0, 0.05) is 34.5 Å². The molecule has 1 amide bonds. The molecule has 2 heterocycles. The Kier molecular flexibility index (Phi) is 4.66. The van der Waals surface area contributed by atoms with Crippen LogP contribution in [0, 0.1) is 18.3 Å². The number of carbonyl (C=O) groups excluding carboxylic acids is 1. The molecule has 1 aliphatic rings. The third-order valence-corrected chi connectivity index (χ3v) is 5.67. The van der Waals surface area contributed by atoms with Crippen LogP contribution in [0.4, 0.5) is 5.69 Å². The van der Waals surface area contributed by atoms with Crippen LogP contribution in [0.3, 0.4) is 0 Å². The lowest BCUT2D eigenvalue weighted by atomic mass is 10.0. The molecule has 0 N–H and O–H groups in total. The Bertz CT molecular complexity index is 1050. The van der Waals surface area contributed by atoms with E-state index in [0.717, 1.165) is 33.0 Å². The first-order valence-electron chi connectivity index (χ1n) is 8.67. The third-order valence-electron chi connectivity index (χ3n) is 4.56. The number of benzene rings is 2. The fourth-order valence-corrected chi connectivity index (χ4v) is 4.33. The van der Waals surface area contributed by atoms with Crippen LogP contribution in [0.5, 0.6) is 0 Å². The number of anilines is 1. The Hall–Kier alpha value is -3.10. The van der Waals surface area contributed by atoms with E-state index < -0.39 is 0 Å². The molecular formula is C22H17N3OS. The number of aromatic nitrogens is 1. The minimum absolute atomic E-state index is 0.000900. The molecule has 0 saturated carbocycles. The summed E-state index contributed by atoms with van der Waals surface area (Å²) in [6.45, 7) is 2.64. The molecule has 1 aliphatic heterocycles. The lowest BCUT2D eigenvalue weighted by Crippen LogP contribution is -2.35. The second kappa shape index (κ2) is 7.26. The largest absolute Gasteiger partial charge is 0.305 e. The van der Waals surface area contributed by atoms with E-state index in [4.69, 9.17) is 5.26 Å². The highest BCUT2D eigenvalue weighted by Crippen LogP contribution is 2.41. The highest BCUT2D eigenvalue weighted by Gasteiger charge is 2.26. The summed E-state index contributed by atoms with van der Waals surface area (Å²) in [6.07, 6.45) is 3.59. The topological polar surface area (TPSA) is 57.0 Å². The van der Waals surface area contributed by atoms with E-state index in [1.165, 1.54) is 0 Å². The predicted octanol–water partition coefficient (Wildman–Crippen LogP) is 4.68. The highest BCUT2D eigenvalue weighted by atomic mass is 32.2. The summed E-state index contributed by atoms with van der Waals surface area (Å²) in [5, 5.41) is 9.00. The van der Waals surface area contributed by atoms with Crippen LogP contribution in [0.15, 0.2) is 65.8 Å². The number of nitriles is 1. The molecule has 3 aromatic rings. The first-order chi connectivity index (χ1) is 13.2. The summed E-state index contributed by atoms with van der Waals surface area (Å²) in [5.74, 6) is 0.830. The van der Waals surface area contributed by atoms with Crippen LogP contribution in [0.1, 0.15) is 21.5 Å². The maximum absolute atomic E-state index is 13.1. The van der Waals surface area contributed by atoms with Gasteiger partial charge < -0.3 is 4.90 Å². The van der Waals surface area contributed by atoms with Gasteiger partial charge in [-0.25, -0.2) is 0 Å². The van der Waals surface area contributed by atoms with Crippen LogP contribution >= 0.6 is 11.8 Å². The monoisotopic (exact) mass is 371 g/mol. The van der Waals surface area contributed by atoms with Crippen molar-refractivity contribution < 1.29 is 4.79 Å². The van der Waals surface area contributed by atoms with Crippen molar-refractivity contribution in [1.82, 2.24) is 4.98 Å². The molecule has 0 radical (unpaired) electrons. The third kappa shape index (κ3) is 3.32. The number of pyridine rings is 1. The normalized spacial score (nSPS) is 13.0. The summed E-state index contributed by atoms with van der Waals surface area (Å²) in [5.41, 5.74) is 5.22. The zero-order valence-corrected chi connectivity index (χ0v) is 15.7. The average molecular weight is 371 g/mol. The van der Waals surface area contributed by atoms with Gasteiger partial charge in [-0.3, -0.25) is 9.78 Å². The lowest BCUT2D eigenvalue weighted by Gasteiger charge is -2.30. The first kappa shape index (κ1) is 17.3. The fourth-order valence-electron chi connectivity index (χ4n) is 3.22. The first-order valence-corrected chi connectivity index (χ1v) is 9.66. The molecule has 5 heteroatoms. The van der Waals surface area contributed by atoms with Gasteiger partial charge in [0.25, 0.3) is 5.91 Å². The van der Waals surface area contributed by atoms with Crippen molar-refractivity contribution in [2.24, 2.45) is 0 Å². The lowest BCUT2D eigenvalue weighted by molar-refractivity contribution is 0.0987. The van der Waals surface area contributed by atoms with Gasteiger partial charge in [0.2, 0.25) is 0 Å². The summed E-state index contributed by atoms with van der Waals surface area (Å²) < 4.78 is 0. The van der Waals surface area contributed by atoms with Crippen molar-refractivity contribution in [1.29, 1.82) is 5.26 Å². The maximum atomic E-state index is 13.1. The number of thioether (sulfide) groups is 1. The Morgan fingerprint density at radius 1 is 1.19 bits per heavy atom. The van der Waals surface area contributed by atoms with E-state index in [1.54, 1.807) is 30.1 Å². The zero-order chi connectivity index (χ0) is 18.8. The van der Waals surface area contributed by atoms with Crippen LogP contribution in [-0.4, -0.2) is 23.2 Å². The molecule has 0 bridgehead atoms. The van der Waals surface area contributed by atoms with Gasteiger partial charge in [0.1, 0.15) is 0 Å². The van der Waals surface area contributed by atoms with Gasteiger partial charge in [-0.15, -0.1) is 11.8 Å². The molecule has 0 aliphatic carbocycles. The zero-order valence-electron chi connectivity index (χ0n) is 14.8. The van der Waals surface area contributed by atoms with Gasteiger partial charge in [0.15, 0.2) is 0 Å². The van der Waals surface area contributed by atoms with Crippen molar-refractivity contribution in [2.75, 3.05) is 17.2 Å². The number of hydrogen-bond acceptors (Lipinski definition) is 4. The summed E-state index contributed by atoms with van der Waals surface area (Å²) in [4.78, 5) is 20.4. The average Bonchev–Trinajstić information content (AvgIpc) is 2.72. The number of hydrogen-bond donors (Lipinski definition) is 0. The molecule has 0 fully saturated rings. The maximum Gasteiger partial charge on any atom is 0.258 e. The van der Waals surface area contributed by atoms with Crippen molar-refractivity contribution in [3.63, 3.8) is 0 Å². The second-order valence-corrected chi connectivity index (χ2v) is 7.50. The summed E-state index contributed by atoms with van der Waals surface area (Å²) in [7, 11) is 0. The molecule has 2 aromatic carbocycles. The molecule has 4 rings (SSSR count). The Labute approximate surface area is 162 Å². The number of amides is 1. The molecule has 132 valence electrons. The molecule has 0 saturated heterocycles. The minimum Gasteiger partial charge on any atom is -0.305 e. The van der Waals surface area contributed by atoms with Crippen molar-refractivity contribution in [3.05, 3.63) is 77.6 Å².